The van der Waals surface area contributed by atoms with E-state index in [1.807, 2.05) is 13.8 Å². The van der Waals surface area contributed by atoms with E-state index in [9.17, 15) is 18.0 Å². The summed E-state index contributed by atoms with van der Waals surface area (Å²) in [5.74, 6) is -0.0283. The fourth-order valence-electron chi connectivity index (χ4n) is 1.79. The second-order valence-electron chi connectivity index (χ2n) is 4.30. The second kappa shape index (κ2) is 4.12. The van der Waals surface area contributed by atoms with E-state index in [2.05, 4.69) is 4.98 Å². The minimum Gasteiger partial charge on any atom is -0.296 e. The Bertz CT molecular complexity index is 599. The highest BCUT2D eigenvalue weighted by Gasteiger charge is 2.31. The first-order chi connectivity index (χ1) is 8.34. The summed E-state index contributed by atoms with van der Waals surface area (Å²) in [6.07, 6.45) is -3.00. The number of hydrogen-bond donors (Lipinski definition) is 0. The van der Waals surface area contributed by atoms with Gasteiger partial charge in [-0.3, -0.25) is 9.20 Å². The van der Waals surface area contributed by atoms with Crippen molar-refractivity contribution in [2.45, 2.75) is 25.9 Å². The lowest BCUT2D eigenvalue weighted by Crippen LogP contribution is -2.07. The lowest BCUT2D eigenvalue weighted by atomic mass is 10.1. The molecule has 0 aliphatic heterocycles. The predicted octanol–water partition coefficient (Wildman–Crippen LogP) is 3.29. The van der Waals surface area contributed by atoms with Gasteiger partial charge in [-0.1, -0.05) is 13.8 Å². The van der Waals surface area contributed by atoms with Crippen LogP contribution in [0.25, 0.3) is 5.65 Å². The largest absolute Gasteiger partial charge is 0.417 e. The maximum atomic E-state index is 12.6. The summed E-state index contributed by atoms with van der Waals surface area (Å²) < 4.78 is 39.0. The molecule has 0 unspecified atom stereocenters. The molecular weight excluding hydrogens is 245 g/mol. The van der Waals surface area contributed by atoms with Crippen LogP contribution in [0.1, 0.15) is 41.5 Å². The Labute approximate surface area is 101 Å². The highest BCUT2D eigenvalue weighted by atomic mass is 19.4. The average Bonchev–Trinajstić information content (AvgIpc) is 2.65. The zero-order valence-corrected chi connectivity index (χ0v) is 9.82. The van der Waals surface area contributed by atoms with Crippen LogP contribution in [0.5, 0.6) is 0 Å². The number of hydrogen-bond acceptors (Lipinski definition) is 2. The minimum atomic E-state index is -4.43. The van der Waals surface area contributed by atoms with E-state index < -0.39 is 11.7 Å². The number of aromatic nitrogens is 2. The van der Waals surface area contributed by atoms with E-state index in [-0.39, 0.29) is 11.6 Å². The quantitative estimate of drug-likeness (QED) is 0.773. The van der Waals surface area contributed by atoms with Gasteiger partial charge in [0.2, 0.25) is 0 Å². The molecule has 2 heterocycles. The van der Waals surface area contributed by atoms with Crippen molar-refractivity contribution in [3.05, 3.63) is 35.3 Å². The number of carbonyl (C=O) groups excluding carboxylic acids is 1. The standard InChI is InChI=1S/C12H11F3N2O/c1-7(2)11-9(6-18)17-5-8(12(13,14)15)3-4-10(17)16-11/h3-7H,1-2H3. The van der Waals surface area contributed by atoms with Crippen LogP contribution in [0.15, 0.2) is 18.3 Å². The molecule has 0 bridgehead atoms. The molecule has 0 aromatic carbocycles. The van der Waals surface area contributed by atoms with Crippen LogP contribution in [-0.2, 0) is 6.18 Å². The van der Waals surface area contributed by atoms with Gasteiger partial charge in [0.25, 0.3) is 0 Å². The molecule has 2 aromatic rings. The number of nitrogens with zero attached hydrogens (tertiary/aromatic N) is 2. The van der Waals surface area contributed by atoms with Crippen molar-refractivity contribution < 1.29 is 18.0 Å². The topological polar surface area (TPSA) is 34.4 Å². The summed E-state index contributed by atoms with van der Waals surface area (Å²) in [6.45, 7) is 3.67. The summed E-state index contributed by atoms with van der Waals surface area (Å²) >= 11 is 0. The first-order valence-electron chi connectivity index (χ1n) is 5.39. The molecule has 0 atom stereocenters. The molecule has 0 aliphatic carbocycles. The number of aldehydes is 1. The first kappa shape index (κ1) is 12.6. The van der Waals surface area contributed by atoms with E-state index >= 15 is 0 Å². The fourth-order valence-corrected chi connectivity index (χ4v) is 1.79. The Balaban J connectivity index is 2.72. The van der Waals surface area contributed by atoms with Crippen LogP contribution in [0.3, 0.4) is 0 Å². The number of rotatable bonds is 2. The molecule has 0 fully saturated rings. The first-order valence-corrected chi connectivity index (χ1v) is 5.39. The third-order valence-electron chi connectivity index (χ3n) is 2.67. The van der Waals surface area contributed by atoms with Crippen molar-refractivity contribution in [2.75, 3.05) is 0 Å². The number of carbonyl (C=O) groups is 1. The molecule has 0 spiro atoms. The van der Waals surface area contributed by atoms with Gasteiger partial charge in [-0.15, -0.1) is 0 Å². The third kappa shape index (κ3) is 1.98. The molecule has 0 amide bonds. The molecule has 18 heavy (non-hydrogen) atoms. The van der Waals surface area contributed by atoms with Crippen molar-refractivity contribution >= 4 is 11.9 Å². The molecule has 2 rings (SSSR count). The summed E-state index contributed by atoms with van der Waals surface area (Å²) in [4.78, 5) is 15.2. The highest BCUT2D eigenvalue weighted by Crippen LogP contribution is 2.30. The zero-order valence-electron chi connectivity index (χ0n) is 9.82. The lowest BCUT2D eigenvalue weighted by Gasteiger charge is -2.07. The maximum absolute atomic E-state index is 12.6. The number of fused-ring (bicyclic) bond motifs is 1. The summed E-state index contributed by atoms with van der Waals surface area (Å²) in [6, 6.07) is 2.22. The van der Waals surface area contributed by atoms with Gasteiger partial charge in [0.15, 0.2) is 6.29 Å². The average molecular weight is 256 g/mol. The number of imidazole rings is 1. The molecule has 0 saturated carbocycles. The number of halogens is 3. The van der Waals surface area contributed by atoms with Gasteiger partial charge >= 0.3 is 6.18 Å². The normalized spacial score (nSPS) is 12.3. The van der Waals surface area contributed by atoms with Crippen molar-refractivity contribution in [3.8, 4) is 0 Å². The van der Waals surface area contributed by atoms with Crippen LogP contribution < -0.4 is 0 Å². The molecular formula is C12H11F3N2O. The van der Waals surface area contributed by atoms with Crippen molar-refractivity contribution in [3.63, 3.8) is 0 Å². The Kier molecular flexibility index (Phi) is 2.88. The van der Waals surface area contributed by atoms with Crippen LogP contribution >= 0.6 is 0 Å². The fraction of sp³-hybridized carbons (Fsp3) is 0.333. The van der Waals surface area contributed by atoms with E-state index in [4.69, 9.17) is 0 Å². The lowest BCUT2D eigenvalue weighted by molar-refractivity contribution is -0.137. The second-order valence-corrected chi connectivity index (χ2v) is 4.30. The maximum Gasteiger partial charge on any atom is 0.417 e. The van der Waals surface area contributed by atoms with E-state index in [0.29, 0.717) is 17.6 Å². The van der Waals surface area contributed by atoms with Crippen LogP contribution in [0, 0.1) is 0 Å². The molecule has 3 nitrogen and oxygen atoms in total. The molecule has 0 saturated heterocycles. The Morgan fingerprint density at radius 1 is 1.33 bits per heavy atom. The van der Waals surface area contributed by atoms with Gasteiger partial charge in [0.05, 0.1) is 11.3 Å². The van der Waals surface area contributed by atoms with Crippen molar-refractivity contribution in [2.24, 2.45) is 0 Å². The third-order valence-corrected chi connectivity index (χ3v) is 2.67. The predicted molar refractivity (Wildman–Crippen MR) is 59.7 cm³/mol. The summed E-state index contributed by atoms with van der Waals surface area (Å²) in [5, 5.41) is 0. The molecule has 2 aromatic heterocycles. The van der Waals surface area contributed by atoms with E-state index in [1.165, 1.54) is 10.5 Å². The zero-order chi connectivity index (χ0) is 13.5. The van der Waals surface area contributed by atoms with Crippen LogP contribution in [0.2, 0.25) is 0 Å². The smallest absolute Gasteiger partial charge is 0.296 e. The molecule has 6 heteroatoms. The van der Waals surface area contributed by atoms with Gasteiger partial charge in [0.1, 0.15) is 11.3 Å². The van der Waals surface area contributed by atoms with Crippen molar-refractivity contribution in [1.29, 1.82) is 0 Å². The van der Waals surface area contributed by atoms with E-state index in [1.54, 1.807) is 0 Å². The van der Waals surface area contributed by atoms with Gasteiger partial charge < -0.3 is 0 Å². The Morgan fingerprint density at radius 2 is 2.00 bits per heavy atom. The molecule has 96 valence electrons. The number of alkyl halides is 3. The van der Waals surface area contributed by atoms with Gasteiger partial charge in [-0.2, -0.15) is 13.2 Å². The number of pyridine rings is 1. The van der Waals surface area contributed by atoms with Gasteiger partial charge in [-0.05, 0) is 18.1 Å². The molecule has 0 aliphatic rings. The SMILES string of the molecule is CC(C)c1nc2ccc(C(F)(F)F)cn2c1C=O. The highest BCUT2D eigenvalue weighted by molar-refractivity contribution is 5.76. The summed E-state index contributed by atoms with van der Waals surface area (Å²) in [7, 11) is 0. The molecule has 0 N–H and O–H groups in total. The van der Waals surface area contributed by atoms with Crippen molar-refractivity contribution in [1.82, 2.24) is 9.38 Å². The van der Waals surface area contributed by atoms with Crippen LogP contribution in [-0.4, -0.2) is 15.7 Å². The van der Waals surface area contributed by atoms with Crippen LogP contribution in [0.4, 0.5) is 13.2 Å². The van der Waals surface area contributed by atoms with E-state index in [0.717, 1.165) is 12.3 Å². The Hall–Kier alpha value is -1.85. The summed E-state index contributed by atoms with van der Waals surface area (Å²) in [5.41, 5.74) is 0.218. The Morgan fingerprint density at radius 3 is 2.50 bits per heavy atom. The minimum absolute atomic E-state index is 0.0283. The molecule has 0 radical (unpaired) electrons. The van der Waals surface area contributed by atoms with Gasteiger partial charge in [0, 0.05) is 6.20 Å². The monoisotopic (exact) mass is 256 g/mol. The van der Waals surface area contributed by atoms with Gasteiger partial charge in [-0.25, -0.2) is 4.98 Å².